The quantitative estimate of drug-likeness (QED) is 0.388. The van der Waals surface area contributed by atoms with Gasteiger partial charge in [-0.15, -0.1) is 24.0 Å². The van der Waals surface area contributed by atoms with E-state index >= 15 is 0 Å². The summed E-state index contributed by atoms with van der Waals surface area (Å²) in [7, 11) is 1.70. The van der Waals surface area contributed by atoms with E-state index in [1.807, 2.05) is 24.3 Å². The van der Waals surface area contributed by atoms with Crippen LogP contribution in [0.25, 0.3) is 0 Å². The van der Waals surface area contributed by atoms with Crippen molar-refractivity contribution in [3.63, 3.8) is 0 Å². The van der Waals surface area contributed by atoms with Gasteiger partial charge in [0.25, 0.3) is 0 Å². The molecule has 1 heterocycles. The highest BCUT2D eigenvalue weighted by molar-refractivity contribution is 14.0. The Bertz CT molecular complexity index is 574. The monoisotopic (exact) mass is 478 g/mol. The number of carbonyl (C=O) groups excluding carboxylic acids is 1. The molecule has 0 saturated carbocycles. The summed E-state index contributed by atoms with van der Waals surface area (Å²) in [6.45, 7) is 5.40. The Labute approximate surface area is 172 Å². The zero-order chi connectivity index (χ0) is 17.4. The summed E-state index contributed by atoms with van der Waals surface area (Å²) in [6, 6.07) is 7.81. The van der Waals surface area contributed by atoms with Crippen LogP contribution in [-0.2, 0) is 11.3 Å². The van der Waals surface area contributed by atoms with Crippen LogP contribution in [0.1, 0.15) is 31.7 Å². The summed E-state index contributed by atoms with van der Waals surface area (Å²) >= 11 is 6.03. The largest absolute Gasteiger partial charge is 0.359 e. The third-order valence-corrected chi connectivity index (χ3v) is 4.54. The number of likely N-dealkylation sites (tertiary alicyclic amines) is 1. The molecule has 1 aliphatic heterocycles. The molecular formula is C18H28ClIN4O. The molecule has 0 unspecified atom stereocenters. The molecule has 0 aliphatic carbocycles. The van der Waals surface area contributed by atoms with E-state index in [0.717, 1.165) is 49.0 Å². The van der Waals surface area contributed by atoms with Gasteiger partial charge in [0.15, 0.2) is 5.96 Å². The molecule has 0 aromatic heterocycles. The number of benzene rings is 1. The standard InChI is InChI=1S/C18H27ClN4O.HI/c1-3-21-18(22-13-15-5-4-6-16(19)11-15)23-9-7-14(8-10-23)12-17(24)20-2;/h4-6,11,14H,3,7-10,12-13H2,1-2H3,(H,20,24)(H,21,22);1H. The molecule has 140 valence electrons. The fourth-order valence-corrected chi connectivity index (χ4v) is 3.15. The minimum Gasteiger partial charge on any atom is -0.359 e. The van der Waals surface area contributed by atoms with Crippen LogP contribution < -0.4 is 10.6 Å². The topological polar surface area (TPSA) is 56.7 Å². The minimum absolute atomic E-state index is 0. The molecule has 1 fully saturated rings. The van der Waals surface area contributed by atoms with Crippen molar-refractivity contribution in [2.75, 3.05) is 26.7 Å². The molecule has 2 rings (SSSR count). The van der Waals surface area contributed by atoms with E-state index < -0.39 is 0 Å². The maximum absolute atomic E-state index is 11.5. The first kappa shape index (κ1) is 22.0. The molecule has 1 amide bonds. The lowest BCUT2D eigenvalue weighted by molar-refractivity contribution is -0.121. The van der Waals surface area contributed by atoms with Gasteiger partial charge in [-0.2, -0.15) is 0 Å². The van der Waals surface area contributed by atoms with Crippen LogP contribution in [0.3, 0.4) is 0 Å². The summed E-state index contributed by atoms with van der Waals surface area (Å²) in [4.78, 5) is 18.5. The Morgan fingerprint density at radius 1 is 1.36 bits per heavy atom. The van der Waals surface area contributed by atoms with Gasteiger partial charge >= 0.3 is 0 Å². The zero-order valence-corrected chi connectivity index (χ0v) is 18.0. The van der Waals surface area contributed by atoms with Crippen LogP contribution in [0.4, 0.5) is 0 Å². The fraction of sp³-hybridized carbons (Fsp3) is 0.556. The number of aliphatic imine (C=N–C) groups is 1. The summed E-state index contributed by atoms with van der Waals surface area (Å²) in [5, 5.41) is 6.82. The molecule has 0 atom stereocenters. The van der Waals surface area contributed by atoms with E-state index in [4.69, 9.17) is 16.6 Å². The van der Waals surface area contributed by atoms with Crippen LogP contribution in [0, 0.1) is 5.92 Å². The Hall–Kier alpha value is -1.02. The fourth-order valence-electron chi connectivity index (χ4n) is 2.94. The van der Waals surface area contributed by atoms with Gasteiger partial charge in [-0.1, -0.05) is 23.7 Å². The van der Waals surface area contributed by atoms with Gasteiger partial charge in [-0.25, -0.2) is 4.99 Å². The average Bonchev–Trinajstić information content (AvgIpc) is 2.59. The molecule has 0 bridgehead atoms. The molecule has 0 radical (unpaired) electrons. The second kappa shape index (κ2) is 11.6. The first-order valence-electron chi connectivity index (χ1n) is 8.60. The van der Waals surface area contributed by atoms with Crippen LogP contribution in [0.5, 0.6) is 0 Å². The lowest BCUT2D eigenvalue weighted by atomic mass is 9.93. The van der Waals surface area contributed by atoms with Gasteiger partial charge in [0.2, 0.25) is 5.91 Å². The van der Waals surface area contributed by atoms with E-state index in [-0.39, 0.29) is 29.9 Å². The van der Waals surface area contributed by atoms with Crippen molar-refractivity contribution in [3.05, 3.63) is 34.9 Å². The zero-order valence-electron chi connectivity index (χ0n) is 14.9. The molecule has 1 aromatic carbocycles. The summed E-state index contributed by atoms with van der Waals surface area (Å²) in [5.41, 5.74) is 1.10. The number of hydrogen-bond donors (Lipinski definition) is 2. The number of hydrogen-bond acceptors (Lipinski definition) is 2. The predicted molar refractivity (Wildman–Crippen MR) is 115 cm³/mol. The highest BCUT2D eigenvalue weighted by Gasteiger charge is 2.22. The van der Waals surface area contributed by atoms with E-state index in [9.17, 15) is 4.79 Å². The second-order valence-electron chi connectivity index (χ2n) is 6.11. The highest BCUT2D eigenvalue weighted by atomic mass is 127. The minimum atomic E-state index is 0. The molecule has 7 heteroatoms. The van der Waals surface area contributed by atoms with Gasteiger partial charge in [-0.05, 0) is 43.4 Å². The van der Waals surface area contributed by atoms with E-state index in [1.165, 1.54) is 0 Å². The van der Waals surface area contributed by atoms with E-state index in [2.05, 4.69) is 22.5 Å². The summed E-state index contributed by atoms with van der Waals surface area (Å²) < 4.78 is 0. The second-order valence-corrected chi connectivity index (χ2v) is 6.54. The SMILES string of the molecule is CCNC(=NCc1cccc(Cl)c1)N1CCC(CC(=O)NC)CC1.I. The van der Waals surface area contributed by atoms with Crippen LogP contribution in [0.2, 0.25) is 5.02 Å². The normalized spacial score (nSPS) is 15.5. The molecular weight excluding hydrogens is 451 g/mol. The van der Waals surface area contributed by atoms with Gasteiger partial charge in [0.1, 0.15) is 0 Å². The van der Waals surface area contributed by atoms with Gasteiger partial charge < -0.3 is 15.5 Å². The predicted octanol–water partition coefficient (Wildman–Crippen LogP) is 3.27. The maximum atomic E-state index is 11.5. The van der Waals surface area contributed by atoms with Crippen LogP contribution in [-0.4, -0.2) is 43.4 Å². The van der Waals surface area contributed by atoms with Crippen molar-refractivity contribution >= 4 is 47.4 Å². The number of nitrogens with one attached hydrogen (secondary N) is 2. The van der Waals surface area contributed by atoms with Crippen molar-refractivity contribution in [1.82, 2.24) is 15.5 Å². The smallest absolute Gasteiger partial charge is 0.220 e. The lowest BCUT2D eigenvalue weighted by Crippen LogP contribution is -2.46. The molecule has 1 aliphatic rings. The molecule has 1 saturated heterocycles. The summed E-state index contributed by atoms with van der Waals surface area (Å²) in [5.74, 6) is 1.54. The third kappa shape index (κ3) is 7.40. The number of amides is 1. The number of guanidine groups is 1. The molecule has 1 aromatic rings. The molecule has 5 nitrogen and oxygen atoms in total. The van der Waals surface area contributed by atoms with Crippen molar-refractivity contribution < 1.29 is 4.79 Å². The number of nitrogens with zero attached hydrogens (tertiary/aromatic N) is 2. The number of piperidine rings is 1. The number of rotatable bonds is 5. The van der Waals surface area contributed by atoms with Crippen LogP contribution in [0.15, 0.2) is 29.3 Å². The Morgan fingerprint density at radius 3 is 2.68 bits per heavy atom. The van der Waals surface area contributed by atoms with Crippen LogP contribution >= 0.6 is 35.6 Å². The van der Waals surface area contributed by atoms with Gasteiger partial charge in [-0.3, -0.25) is 4.79 Å². The van der Waals surface area contributed by atoms with Crippen molar-refractivity contribution in [2.45, 2.75) is 32.7 Å². The first-order chi connectivity index (χ1) is 11.6. The number of halogens is 2. The molecule has 0 spiro atoms. The number of carbonyl (C=O) groups is 1. The third-order valence-electron chi connectivity index (χ3n) is 4.30. The van der Waals surface area contributed by atoms with Gasteiger partial charge in [0.05, 0.1) is 6.54 Å². The highest BCUT2D eigenvalue weighted by Crippen LogP contribution is 2.20. The first-order valence-corrected chi connectivity index (χ1v) is 8.98. The van der Waals surface area contributed by atoms with Gasteiger partial charge in [0, 0.05) is 38.1 Å². The Kier molecular flexibility index (Phi) is 10.2. The van der Waals surface area contributed by atoms with Crippen molar-refractivity contribution in [1.29, 1.82) is 0 Å². The molecule has 2 N–H and O–H groups in total. The van der Waals surface area contributed by atoms with E-state index in [1.54, 1.807) is 7.05 Å². The Balaban J connectivity index is 0.00000312. The average molecular weight is 479 g/mol. The summed E-state index contributed by atoms with van der Waals surface area (Å²) in [6.07, 6.45) is 2.67. The molecule has 25 heavy (non-hydrogen) atoms. The maximum Gasteiger partial charge on any atom is 0.220 e. The Morgan fingerprint density at radius 2 is 2.08 bits per heavy atom. The van der Waals surface area contributed by atoms with Crippen molar-refractivity contribution in [3.8, 4) is 0 Å². The lowest BCUT2D eigenvalue weighted by Gasteiger charge is -2.34. The van der Waals surface area contributed by atoms with E-state index in [0.29, 0.717) is 18.9 Å². The van der Waals surface area contributed by atoms with Crippen molar-refractivity contribution in [2.24, 2.45) is 10.9 Å².